The Balaban J connectivity index is 1.68. The molecule has 6 heteroatoms. The highest BCUT2D eigenvalue weighted by molar-refractivity contribution is 7.09. The number of ether oxygens (including phenoxy) is 2. The Hall–Kier alpha value is -2.21. The molecule has 23 heavy (non-hydrogen) atoms. The van der Waals surface area contributed by atoms with Crippen LogP contribution >= 0.6 is 11.3 Å². The van der Waals surface area contributed by atoms with Crippen molar-refractivity contribution in [3.63, 3.8) is 0 Å². The summed E-state index contributed by atoms with van der Waals surface area (Å²) in [6.45, 7) is 1.87. The number of amides is 2. The van der Waals surface area contributed by atoms with E-state index in [1.54, 1.807) is 25.6 Å². The van der Waals surface area contributed by atoms with E-state index < -0.39 is 0 Å². The number of fused-ring (bicyclic) bond motifs is 1. The fourth-order valence-corrected chi connectivity index (χ4v) is 3.39. The van der Waals surface area contributed by atoms with Crippen LogP contribution < -0.4 is 14.8 Å². The Bertz CT molecular complexity index is 685. The van der Waals surface area contributed by atoms with Gasteiger partial charge in [0.25, 0.3) is 0 Å². The molecule has 1 aliphatic heterocycles. The maximum absolute atomic E-state index is 12.3. The molecular formula is C17H20N2O3S. The van der Waals surface area contributed by atoms with Gasteiger partial charge in [0.1, 0.15) is 0 Å². The molecule has 1 aliphatic rings. The standard InChI is InChI=1S/C17H20N2O3S/c1-21-15-8-12-5-6-19(11-13(12)9-16(15)22-2)17(20)18-10-14-4-3-7-23-14/h3-4,7-9H,5-6,10-11H2,1-2H3,(H,18,20). The number of thiophene rings is 1. The SMILES string of the molecule is COc1cc2c(cc1OC)CN(C(=O)NCc1cccs1)CC2. The zero-order valence-corrected chi connectivity index (χ0v) is 14.1. The van der Waals surface area contributed by atoms with Gasteiger partial charge < -0.3 is 19.7 Å². The van der Waals surface area contributed by atoms with Gasteiger partial charge in [0, 0.05) is 18.0 Å². The Morgan fingerprint density at radius 3 is 2.65 bits per heavy atom. The fourth-order valence-electron chi connectivity index (χ4n) is 2.74. The molecule has 1 N–H and O–H groups in total. The van der Waals surface area contributed by atoms with Crippen LogP contribution in [0.1, 0.15) is 16.0 Å². The Labute approximate surface area is 139 Å². The third-order valence-corrected chi connectivity index (χ3v) is 4.88. The largest absolute Gasteiger partial charge is 0.493 e. The van der Waals surface area contributed by atoms with Crippen LogP contribution in [0.25, 0.3) is 0 Å². The first-order chi connectivity index (χ1) is 11.2. The Kier molecular flexibility index (Phi) is 4.71. The molecule has 0 unspecified atom stereocenters. The average Bonchev–Trinajstić information content (AvgIpc) is 3.11. The maximum Gasteiger partial charge on any atom is 0.318 e. The molecule has 2 amide bonds. The second-order valence-electron chi connectivity index (χ2n) is 5.39. The van der Waals surface area contributed by atoms with E-state index >= 15 is 0 Å². The number of methoxy groups -OCH3 is 2. The molecular weight excluding hydrogens is 312 g/mol. The summed E-state index contributed by atoms with van der Waals surface area (Å²) in [7, 11) is 3.26. The molecule has 1 aromatic heterocycles. The molecule has 3 rings (SSSR count). The minimum Gasteiger partial charge on any atom is -0.493 e. The number of rotatable bonds is 4. The predicted octanol–water partition coefficient (Wildman–Crippen LogP) is 3.03. The minimum atomic E-state index is -0.0289. The summed E-state index contributed by atoms with van der Waals surface area (Å²) < 4.78 is 10.7. The van der Waals surface area contributed by atoms with Crippen molar-refractivity contribution in [2.45, 2.75) is 19.5 Å². The normalized spacial score (nSPS) is 13.4. The third kappa shape index (κ3) is 3.42. The molecule has 2 heterocycles. The lowest BCUT2D eigenvalue weighted by atomic mass is 9.99. The van der Waals surface area contributed by atoms with Crippen molar-refractivity contribution in [2.75, 3.05) is 20.8 Å². The molecule has 0 fully saturated rings. The van der Waals surface area contributed by atoms with Crippen molar-refractivity contribution in [3.8, 4) is 11.5 Å². The number of hydrogen-bond acceptors (Lipinski definition) is 4. The maximum atomic E-state index is 12.3. The molecule has 0 saturated heterocycles. The van der Waals surface area contributed by atoms with Crippen molar-refractivity contribution in [2.24, 2.45) is 0 Å². The first kappa shape index (κ1) is 15.7. The van der Waals surface area contributed by atoms with Crippen LogP contribution in [0, 0.1) is 0 Å². The predicted molar refractivity (Wildman–Crippen MR) is 90.2 cm³/mol. The Morgan fingerprint density at radius 1 is 1.26 bits per heavy atom. The highest BCUT2D eigenvalue weighted by atomic mass is 32.1. The van der Waals surface area contributed by atoms with E-state index in [0.717, 1.165) is 22.6 Å². The lowest BCUT2D eigenvalue weighted by molar-refractivity contribution is 0.192. The van der Waals surface area contributed by atoms with Crippen molar-refractivity contribution >= 4 is 17.4 Å². The lowest BCUT2D eigenvalue weighted by Crippen LogP contribution is -2.42. The monoisotopic (exact) mass is 332 g/mol. The summed E-state index contributed by atoms with van der Waals surface area (Å²) in [6, 6.07) is 7.96. The van der Waals surface area contributed by atoms with Crippen molar-refractivity contribution < 1.29 is 14.3 Å². The average molecular weight is 332 g/mol. The summed E-state index contributed by atoms with van der Waals surface area (Å²) >= 11 is 1.65. The number of carbonyl (C=O) groups is 1. The summed E-state index contributed by atoms with van der Waals surface area (Å²) in [5.41, 5.74) is 2.32. The van der Waals surface area contributed by atoms with Crippen molar-refractivity contribution in [1.29, 1.82) is 0 Å². The Morgan fingerprint density at radius 2 is 2.00 bits per heavy atom. The van der Waals surface area contributed by atoms with Gasteiger partial charge in [-0.15, -0.1) is 11.3 Å². The van der Waals surface area contributed by atoms with Crippen LogP contribution in [0.15, 0.2) is 29.6 Å². The molecule has 0 spiro atoms. The molecule has 122 valence electrons. The van der Waals surface area contributed by atoms with Gasteiger partial charge in [-0.3, -0.25) is 0 Å². The van der Waals surface area contributed by atoms with Crippen LogP contribution in [0.5, 0.6) is 11.5 Å². The van der Waals surface area contributed by atoms with Gasteiger partial charge >= 0.3 is 6.03 Å². The third-order valence-electron chi connectivity index (χ3n) is 4.00. The number of nitrogens with zero attached hydrogens (tertiary/aromatic N) is 1. The van der Waals surface area contributed by atoms with E-state index in [1.165, 1.54) is 5.56 Å². The van der Waals surface area contributed by atoms with Crippen LogP contribution in [-0.4, -0.2) is 31.7 Å². The highest BCUT2D eigenvalue weighted by Gasteiger charge is 2.22. The second-order valence-corrected chi connectivity index (χ2v) is 6.42. The van der Waals surface area contributed by atoms with Gasteiger partial charge in [-0.1, -0.05) is 6.07 Å². The van der Waals surface area contributed by atoms with E-state index in [-0.39, 0.29) is 6.03 Å². The second kappa shape index (κ2) is 6.91. The van der Waals surface area contributed by atoms with Gasteiger partial charge in [0.05, 0.1) is 20.8 Å². The smallest absolute Gasteiger partial charge is 0.318 e. The van der Waals surface area contributed by atoms with Gasteiger partial charge in [-0.2, -0.15) is 0 Å². The molecule has 0 saturated carbocycles. The van der Waals surface area contributed by atoms with E-state index in [9.17, 15) is 4.79 Å². The quantitative estimate of drug-likeness (QED) is 0.936. The van der Waals surface area contributed by atoms with Crippen LogP contribution in [0.4, 0.5) is 4.79 Å². The van der Waals surface area contributed by atoms with Gasteiger partial charge in [-0.05, 0) is 41.1 Å². The number of benzene rings is 1. The summed E-state index contributed by atoms with van der Waals surface area (Å²) in [5, 5.41) is 4.99. The fraction of sp³-hybridized carbons (Fsp3) is 0.353. The van der Waals surface area contributed by atoms with Crippen molar-refractivity contribution in [1.82, 2.24) is 10.2 Å². The minimum absolute atomic E-state index is 0.0289. The number of carbonyl (C=O) groups excluding carboxylic acids is 1. The van der Waals surface area contributed by atoms with Gasteiger partial charge in [0.15, 0.2) is 11.5 Å². The van der Waals surface area contributed by atoms with E-state index in [0.29, 0.717) is 25.4 Å². The van der Waals surface area contributed by atoms with Crippen LogP contribution in [0.2, 0.25) is 0 Å². The highest BCUT2D eigenvalue weighted by Crippen LogP contribution is 2.33. The summed E-state index contributed by atoms with van der Waals surface area (Å²) in [6.07, 6.45) is 0.822. The molecule has 0 radical (unpaired) electrons. The topological polar surface area (TPSA) is 50.8 Å². The molecule has 1 aromatic carbocycles. The van der Waals surface area contributed by atoms with E-state index in [4.69, 9.17) is 9.47 Å². The van der Waals surface area contributed by atoms with Gasteiger partial charge in [0.2, 0.25) is 0 Å². The molecule has 2 aromatic rings. The first-order valence-corrected chi connectivity index (χ1v) is 8.38. The van der Waals surface area contributed by atoms with E-state index in [2.05, 4.69) is 5.32 Å². The number of nitrogens with one attached hydrogen (secondary N) is 1. The zero-order valence-electron chi connectivity index (χ0n) is 13.3. The summed E-state index contributed by atoms with van der Waals surface area (Å²) in [4.78, 5) is 15.3. The molecule has 0 atom stereocenters. The van der Waals surface area contributed by atoms with Gasteiger partial charge in [-0.25, -0.2) is 4.79 Å². The summed E-state index contributed by atoms with van der Waals surface area (Å²) in [5.74, 6) is 1.44. The van der Waals surface area contributed by atoms with Crippen molar-refractivity contribution in [3.05, 3.63) is 45.6 Å². The molecule has 0 aliphatic carbocycles. The zero-order chi connectivity index (χ0) is 16.2. The lowest BCUT2D eigenvalue weighted by Gasteiger charge is -2.29. The number of hydrogen-bond donors (Lipinski definition) is 1. The van der Waals surface area contributed by atoms with E-state index in [1.807, 2.05) is 34.5 Å². The van der Waals surface area contributed by atoms with Crippen LogP contribution in [0.3, 0.4) is 0 Å². The number of urea groups is 1. The first-order valence-electron chi connectivity index (χ1n) is 7.50. The molecule has 0 bridgehead atoms. The van der Waals surface area contributed by atoms with Crippen LogP contribution in [-0.2, 0) is 19.5 Å². The molecule has 5 nitrogen and oxygen atoms in total.